The second kappa shape index (κ2) is 5.19. The number of rotatable bonds is 4. The van der Waals surface area contributed by atoms with Gasteiger partial charge in [-0.05, 0) is 19.1 Å². The molecule has 5 nitrogen and oxygen atoms in total. The van der Waals surface area contributed by atoms with Crippen LogP contribution in [-0.2, 0) is 6.54 Å². The van der Waals surface area contributed by atoms with Crippen LogP contribution in [0, 0.1) is 6.92 Å². The van der Waals surface area contributed by atoms with E-state index in [-0.39, 0.29) is 0 Å². The Kier molecular flexibility index (Phi) is 3.24. The molecular weight excluding hydrogens is 258 g/mol. The van der Waals surface area contributed by atoms with Gasteiger partial charge in [0.2, 0.25) is 0 Å². The van der Waals surface area contributed by atoms with Gasteiger partial charge in [-0.3, -0.25) is 4.57 Å². The molecule has 0 saturated carbocycles. The van der Waals surface area contributed by atoms with E-state index in [4.69, 9.17) is 0 Å². The first-order valence-corrected chi connectivity index (χ1v) is 6.78. The smallest absolute Gasteiger partial charge is 0.137 e. The van der Waals surface area contributed by atoms with Gasteiger partial charge in [0, 0.05) is 23.5 Å². The highest BCUT2D eigenvalue weighted by Crippen LogP contribution is 2.13. The minimum absolute atomic E-state index is 0.727. The quantitative estimate of drug-likeness (QED) is 0.792. The van der Waals surface area contributed by atoms with Crippen molar-refractivity contribution in [2.75, 3.05) is 5.32 Å². The molecule has 0 radical (unpaired) electrons. The Morgan fingerprint density at radius 2 is 2.32 bits per heavy atom. The number of hydrogen-bond donors (Lipinski definition) is 1. The lowest BCUT2D eigenvalue weighted by atomic mass is 10.4. The Hall–Kier alpha value is -2.21. The molecule has 3 rings (SSSR count). The van der Waals surface area contributed by atoms with Crippen molar-refractivity contribution in [1.82, 2.24) is 19.5 Å². The van der Waals surface area contributed by atoms with Gasteiger partial charge < -0.3 is 5.32 Å². The van der Waals surface area contributed by atoms with Crippen LogP contribution in [-0.4, -0.2) is 19.5 Å². The van der Waals surface area contributed by atoms with Crippen molar-refractivity contribution in [3.05, 3.63) is 53.1 Å². The van der Waals surface area contributed by atoms with E-state index in [9.17, 15) is 0 Å². The number of nitrogens with one attached hydrogen (secondary N) is 1. The lowest BCUT2D eigenvalue weighted by Gasteiger charge is -2.05. The molecule has 3 aromatic heterocycles. The highest BCUT2D eigenvalue weighted by atomic mass is 32.1. The summed E-state index contributed by atoms with van der Waals surface area (Å²) in [4.78, 5) is 12.8. The fourth-order valence-corrected chi connectivity index (χ4v) is 2.41. The third-order valence-electron chi connectivity index (χ3n) is 2.63. The average Bonchev–Trinajstić information content (AvgIpc) is 3.08. The van der Waals surface area contributed by atoms with Crippen molar-refractivity contribution in [1.29, 1.82) is 0 Å². The number of aromatic nitrogens is 4. The van der Waals surface area contributed by atoms with Crippen molar-refractivity contribution in [2.24, 2.45) is 0 Å². The second-order valence-corrected chi connectivity index (χ2v) is 5.05. The minimum atomic E-state index is 0.727. The SMILES string of the molecule is Cc1csc(CNc2ccc(-n3ccnc3)nc2)n1. The Bertz CT molecular complexity index is 642. The highest BCUT2D eigenvalue weighted by molar-refractivity contribution is 7.09. The van der Waals surface area contributed by atoms with E-state index >= 15 is 0 Å². The van der Waals surface area contributed by atoms with Crippen LogP contribution in [0.4, 0.5) is 5.69 Å². The molecule has 0 aliphatic carbocycles. The first-order chi connectivity index (χ1) is 9.31. The van der Waals surface area contributed by atoms with Crippen LogP contribution in [0.15, 0.2) is 42.4 Å². The molecule has 0 saturated heterocycles. The molecule has 96 valence electrons. The number of hydrogen-bond acceptors (Lipinski definition) is 5. The van der Waals surface area contributed by atoms with Gasteiger partial charge in [0.25, 0.3) is 0 Å². The number of anilines is 1. The van der Waals surface area contributed by atoms with Gasteiger partial charge in [0.05, 0.1) is 18.4 Å². The molecule has 3 heterocycles. The van der Waals surface area contributed by atoms with Crippen molar-refractivity contribution >= 4 is 17.0 Å². The number of thiazole rings is 1. The zero-order chi connectivity index (χ0) is 13.1. The minimum Gasteiger partial charge on any atom is -0.377 e. The maximum absolute atomic E-state index is 4.41. The molecule has 19 heavy (non-hydrogen) atoms. The van der Waals surface area contributed by atoms with Gasteiger partial charge in [0.1, 0.15) is 17.2 Å². The zero-order valence-corrected chi connectivity index (χ0v) is 11.3. The Morgan fingerprint density at radius 3 is 2.95 bits per heavy atom. The number of pyridine rings is 1. The van der Waals surface area contributed by atoms with Gasteiger partial charge in [-0.2, -0.15) is 0 Å². The molecule has 0 unspecified atom stereocenters. The van der Waals surface area contributed by atoms with Gasteiger partial charge in [-0.1, -0.05) is 0 Å². The Balaban J connectivity index is 1.66. The first kappa shape index (κ1) is 11.9. The standard InChI is InChI=1S/C13H13N5S/c1-10-8-19-13(17-10)7-15-11-2-3-12(16-6-11)18-5-4-14-9-18/h2-6,8-9,15H,7H2,1H3. The van der Waals surface area contributed by atoms with E-state index < -0.39 is 0 Å². The van der Waals surface area contributed by atoms with Crippen LogP contribution in [0.3, 0.4) is 0 Å². The highest BCUT2D eigenvalue weighted by Gasteiger charge is 2.00. The molecule has 0 fully saturated rings. The predicted octanol–water partition coefficient (Wildman–Crippen LogP) is 2.64. The molecule has 1 N–H and O–H groups in total. The van der Waals surface area contributed by atoms with Crippen molar-refractivity contribution < 1.29 is 0 Å². The van der Waals surface area contributed by atoms with Crippen LogP contribution in [0.25, 0.3) is 5.82 Å². The monoisotopic (exact) mass is 271 g/mol. The van der Waals surface area contributed by atoms with Gasteiger partial charge >= 0.3 is 0 Å². The normalized spacial score (nSPS) is 10.6. The van der Waals surface area contributed by atoms with E-state index in [1.165, 1.54) is 0 Å². The molecule has 6 heteroatoms. The maximum atomic E-state index is 4.41. The zero-order valence-electron chi connectivity index (χ0n) is 10.4. The summed E-state index contributed by atoms with van der Waals surface area (Å²) in [5, 5.41) is 6.44. The van der Waals surface area contributed by atoms with Crippen LogP contribution >= 0.6 is 11.3 Å². The van der Waals surface area contributed by atoms with E-state index in [1.807, 2.05) is 36.0 Å². The van der Waals surface area contributed by atoms with Gasteiger partial charge in [-0.15, -0.1) is 11.3 Å². The maximum Gasteiger partial charge on any atom is 0.137 e. The summed E-state index contributed by atoms with van der Waals surface area (Å²) in [6.45, 7) is 2.73. The van der Waals surface area contributed by atoms with E-state index in [0.29, 0.717) is 0 Å². The van der Waals surface area contributed by atoms with E-state index in [2.05, 4.69) is 25.6 Å². The van der Waals surface area contributed by atoms with Crippen LogP contribution in [0.2, 0.25) is 0 Å². The summed E-state index contributed by atoms with van der Waals surface area (Å²) in [5.74, 6) is 0.855. The van der Waals surface area contributed by atoms with Crippen LogP contribution in [0.1, 0.15) is 10.7 Å². The molecule has 0 spiro atoms. The summed E-state index contributed by atoms with van der Waals surface area (Å²) >= 11 is 1.66. The van der Waals surface area contributed by atoms with Crippen molar-refractivity contribution in [3.63, 3.8) is 0 Å². The summed E-state index contributed by atoms with van der Waals surface area (Å²) in [7, 11) is 0. The molecule has 0 aromatic carbocycles. The molecule has 3 aromatic rings. The largest absolute Gasteiger partial charge is 0.377 e. The topological polar surface area (TPSA) is 55.6 Å². The molecule has 0 amide bonds. The Labute approximate surface area is 115 Å². The van der Waals surface area contributed by atoms with Gasteiger partial charge in [-0.25, -0.2) is 15.0 Å². The third kappa shape index (κ3) is 2.79. The summed E-state index contributed by atoms with van der Waals surface area (Å²) in [6.07, 6.45) is 7.15. The fourth-order valence-electron chi connectivity index (χ4n) is 1.70. The van der Waals surface area contributed by atoms with Crippen molar-refractivity contribution in [2.45, 2.75) is 13.5 Å². The van der Waals surface area contributed by atoms with Crippen LogP contribution in [0.5, 0.6) is 0 Å². The fraction of sp³-hybridized carbons (Fsp3) is 0.154. The van der Waals surface area contributed by atoms with Gasteiger partial charge in [0.15, 0.2) is 0 Å². The van der Waals surface area contributed by atoms with E-state index in [1.54, 1.807) is 23.9 Å². The number of aryl methyl sites for hydroxylation is 1. The van der Waals surface area contributed by atoms with Crippen LogP contribution < -0.4 is 5.32 Å². The molecule has 0 atom stereocenters. The second-order valence-electron chi connectivity index (χ2n) is 4.11. The van der Waals surface area contributed by atoms with Crippen molar-refractivity contribution in [3.8, 4) is 5.82 Å². The van der Waals surface area contributed by atoms with E-state index in [0.717, 1.165) is 28.8 Å². The Morgan fingerprint density at radius 1 is 1.37 bits per heavy atom. The number of imidazole rings is 1. The lowest BCUT2D eigenvalue weighted by Crippen LogP contribution is -2.01. The first-order valence-electron chi connectivity index (χ1n) is 5.90. The third-order valence-corrected chi connectivity index (χ3v) is 3.59. The lowest BCUT2D eigenvalue weighted by molar-refractivity contribution is 0.989. The summed E-state index contributed by atoms with van der Waals surface area (Å²) < 4.78 is 1.87. The number of nitrogens with zero attached hydrogens (tertiary/aromatic N) is 4. The average molecular weight is 271 g/mol. The molecular formula is C13H13N5S. The summed E-state index contributed by atoms with van der Waals surface area (Å²) in [6, 6.07) is 3.96. The molecule has 0 aliphatic rings. The molecule has 0 bridgehead atoms. The molecule has 0 aliphatic heterocycles. The summed E-state index contributed by atoms with van der Waals surface area (Å²) in [5.41, 5.74) is 2.05. The predicted molar refractivity (Wildman–Crippen MR) is 75.5 cm³/mol.